The minimum Gasteiger partial charge on any atom is -0.464 e. The second kappa shape index (κ2) is 8.23. The van der Waals surface area contributed by atoms with E-state index < -0.39 is 4.92 Å². The highest BCUT2D eigenvalue weighted by molar-refractivity contribution is 6.28. The van der Waals surface area contributed by atoms with Gasteiger partial charge < -0.3 is 9.64 Å². The molecule has 0 saturated heterocycles. The molecule has 24 heavy (non-hydrogen) atoms. The molecule has 132 valence electrons. The van der Waals surface area contributed by atoms with Crippen LogP contribution in [-0.4, -0.2) is 40.1 Å². The SMILES string of the molecule is CCC(=O)OCCN(c1nc(Cl)ncc1[N+](=O)[O-])C1CCC(C)C1. The van der Waals surface area contributed by atoms with Crippen molar-refractivity contribution >= 4 is 29.1 Å². The zero-order chi connectivity index (χ0) is 17.7. The molecule has 2 unspecified atom stereocenters. The molecule has 1 aliphatic carbocycles. The first-order valence-corrected chi connectivity index (χ1v) is 8.39. The van der Waals surface area contributed by atoms with E-state index in [4.69, 9.17) is 16.3 Å². The Morgan fingerprint density at radius 3 is 2.88 bits per heavy atom. The summed E-state index contributed by atoms with van der Waals surface area (Å²) in [5.74, 6) is 0.420. The smallest absolute Gasteiger partial charge is 0.329 e. The van der Waals surface area contributed by atoms with Crippen LogP contribution in [0.3, 0.4) is 0 Å². The van der Waals surface area contributed by atoms with Crippen molar-refractivity contribution in [3.05, 3.63) is 21.6 Å². The summed E-state index contributed by atoms with van der Waals surface area (Å²) in [5.41, 5.74) is -0.194. The Hall–Kier alpha value is -1.96. The fraction of sp³-hybridized carbons (Fsp3) is 0.667. The standard InChI is InChI=1S/C15H21ClN4O4/c1-3-13(21)24-7-6-19(11-5-4-10(2)8-11)14-12(20(22)23)9-17-15(16)18-14/h9-11H,3-8H2,1-2H3. The summed E-state index contributed by atoms with van der Waals surface area (Å²) in [4.78, 5) is 31.8. The molecule has 0 amide bonds. The first kappa shape index (κ1) is 18.4. The third-order valence-electron chi connectivity index (χ3n) is 4.18. The summed E-state index contributed by atoms with van der Waals surface area (Å²) in [5, 5.41) is 11.3. The van der Waals surface area contributed by atoms with Gasteiger partial charge in [-0.15, -0.1) is 0 Å². The minimum absolute atomic E-state index is 0.0443. The Morgan fingerprint density at radius 2 is 2.29 bits per heavy atom. The summed E-state index contributed by atoms with van der Waals surface area (Å²) < 4.78 is 5.13. The molecule has 0 radical (unpaired) electrons. The summed E-state index contributed by atoms with van der Waals surface area (Å²) >= 11 is 5.85. The van der Waals surface area contributed by atoms with Crippen molar-refractivity contribution < 1.29 is 14.5 Å². The molecule has 1 heterocycles. The van der Waals surface area contributed by atoms with Crippen LogP contribution in [-0.2, 0) is 9.53 Å². The van der Waals surface area contributed by atoms with Crippen molar-refractivity contribution in [1.82, 2.24) is 9.97 Å². The van der Waals surface area contributed by atoms with Crippen molar-refractivity contribution in [1.29, 1.82) is 0 Å². The molecule has 2 rings (SSSR count). The van der Waals surface area contributed by atoms with Gasteiger partial charge in [0.15, 0.2) is 0 Å². The van der Waals surface area contributed by atoms with Gasteiger partial charge in [-0.05, 0) is 36.8 Å². The van der Waals surface area contributed by atoms with E-state index in [9.17, 15) is 14.9 Å². The van der Waals surface area contributed by atoms with Gasteiger partial charge in [-0.2, -0.15) is 4.98 Å². The van der Waals surface area contributed by atoms with Crippen molar-refractivity contribution in [3.8, 4) is 0 Å². The third-order valence-corrected chi connectivity index (χ3v) is 4.36. The molecule has 8 nitrogen and oxygen atoms in total. The van der Waals surface area contributed by atoms with Gasteiger partial charge in [-0.1, -0.05) is 13.8 Å². The molecule has 1 aliphatic rings. The number of carbonyl (C=O) groups excluding carboxylic acids is 1. The number of ether oxygens (including phenoxy) is 1. The lowest BCUT2D eigenvalue weighted by Crippen LogP contribution is -2.38. The van der Waals surface area contributed by atoms with Crippen LogP contribution in [0.2, 0.25) is 5.28 Å². The normalized spacial score (nSPS) is 20.0. The number of anilines is 1. The van der Waals surface area contributed by atoms with Gasteiger partial charge in [0.25, 0.3) is 0 Å². The lowest BCUT2D eigenvalue weighted by Gasteiger charge is -2.29. The van der Waals surface area contributed by atoms with E-state index in [0.29, 0.717) is 18.9 Å². The molecule has 1 saturated carbocycles. The molecule has 2 atom stereocenters. The Balaban J connectivity index is 2.26. The topological polar surface area (TPSA) is 98.5 Å². The summed E-state index contributed by atoms with van der Waals surface area (Å²) in [6.07, 6.45) is 4.26. The molecule has 0 bridgehead atoms. The Morgan fingerprint density at radius 1 is 1.54 bits per heavy atom. The van der Waals surface area contributed by atoms with E-state index in [-0.39, 0.29) is 35.4 Å². The van der Waals surface area contributed by atoms with E-state index in [1.165, 1.54) is 0 Å². The fourth-order valence-electron chi connectivity index (χ4n) is 2.97. The second-order valence-corrected chi connectivity index (χ2v) is 6.28. The molecule has 9 heteroatoms. The Kier molecular flexibility index (Phi) is 6.30. The molecule has 0 aliphatic heterocycles. The molecule has 0 aromatic carbocycles. The second-order valence-electron chi connectivity index (χ2n) is 5.94. The average molecular weight is 357 g/mol. The molecule has 1 fully saturated rings. The predicted octanol–water partition coefficient (Wildman–Crippen LogP) is 2.99. The first-order chi connectivity index (χ1) is 11.4. The number of nitrogens with zero attached hydrogens (tertiary/aromatic N) is 4. The number of aromatic nitrogens is 2. The van der Waals surface area contributed by atoms with E-state index in [2.05, 4.69) is 16.9 Å². The minimum atomic E-state index is -0.519. The summed E-state index contributed by atoms with van der Waals surface area (Å²) in [6.45, 7) is 4.35. The highest BCUT2D eigenvalue weighted by atomic mass is 35.5. The van der Waals surface area contributed by atoms with Crippen LogP contribution >= 0.6 is 11.6 Å². The molecule has 0 N–H and O–H groups in total. The van der Waals surface area contributed by atoms with Crippen LogP contribution in [0, 0.1) is 16.0 Å². The number of hydrogen-bond acceptors (Lipinski definition) is 7. The fourth-order valence-corrected chi connectivity index (χ4v) is 3.10. The van der Waals surface area contributed by atoms with Crippen LogP contribution in [0.5, 0.6) is 0 Å². The van der Waals surface area contributed by atoms with E-state index in [1.54, 1.807) is 6.92 Å². The lowest BCUT2D eigenvalue weighted by atomic mass is 10.1. The zero-order valence-corrected chi connectivity index (χ0v) is 14.5. The maximum Gasteiger partial charge on any atom is 0.329 e. The maximum absolute atomic E-state index is 11.3. The first-order valence-electron chi connectivity index (χ1n) is 8.01. The number of hydrogen-bond donors (Lipinski definition) is 0. The molecule has 1 aromatic rings. The largest absolute Gasteiger partial charge is 0.464 e. The third kappa shape index (κ3) is 4.53. The Labute approximate surface area is 145 Å². The highest BCUT2D eigenvalue weighted by Crippen LogP contribution is 2.35. The number of esters is 1. The molecule has 0 spiro atoms. The predicted molar refractivity (Wildman–Crippen MR) is 89.1 cm³/mol. The number of rotatable bonds is 7. The van der Waals surface area contributed by atoms with Gasteiger partial charge in [-0.25, -0.2) is 4.98 Å². The van der Waals surface area contributed by atoms with Crippen LogP contribution in [0.4, 0.5) is 11.5 Å². The highest BCUT2D eigenvalue weighted by Gasteiger charge is 2.32. The van der Waals surface area contributed by atoms with Crippen molar-refractivity contribution in [2.75, 3.05) is 18.1 Å². The molecular weight excluding hydrogens is 336 g/mol. The van der Waals surface area contributed by atoms with Gasteiger partial charge in [0.05, 0.1) is 11.5 Å². The number of nitro groups is 1. The quantitative estimate of drug-likeness (QED) is 0.320. The number of halogens is 1. The number of carbonyl (C=O) groups is 1. The Bertz CT molecular complexity index is 613. The van der Waals surface area contributed by atoms with Gasteiger partial charge in [0.2, 0.25) is 11.1 Å². The molecular formula is C15H21ClN4O4. The summed E-state index contributed by atoms with van der Waals surface area (Å²) in [7, 11) is 0. The maximum atomic E-state index is 11.3. The lowest BCUT2D eigenvalue weighted by molar-refractivity contribution is -0.384. The summed E-state index contributed by atoms with van der Waals surface area (Å²) in [6, 6.07) is 0.102. The van der Waals surface area contributed by atoms with E-state index in [0.717, 1.165) is 25.5 Å². The van der Waals surface area contributed by atoms with Crippen molar-refractivity contribution in [2.24, 2.45) is 5.92 Å². The van der Waals surface area contributed by atoms with Crippen LogP contribution < -0.4 is 4.90 Å². The zero-order valence-electron chi connectivity index (χ0n) is 13.8. The van der Waals surface area contributed by atoms with E-state index in [1.807, 2.05) is 4.90 Å². The average Bonchev–Trinajstić information content (AvgIpc) is 2.97. The van der Waals surface area contributed by atoms with Crippen molar-refractivity contribution in [2.45, 2.75) is 45.6 Å². The van der Waals surface area contributed by atoms with Crippen LogP contribution in [0.1, 0.15) is 39.5 Å². The van der Waals surface area contributed by atoms with Crippen LogP contribution in [0.15, 0.2) is 6.20 Å². The van der Waals surface area contributed by atoms with Gasteiger partial charge in [0, 0.05) is 12.5 Å². The van der Waals surface area contributed by atoms with Gasteiger partial charge in [-0.3, -0.25) is 14.9 Å². The van der Waals surface area contributed by atoms with Gasteiger partial charge in [0.1, 0.15) is 12.8 Å². The van der Waals surface area contributed by atoms with E-state index >= 15 is 0 Å². The monoisotopic (exact) mass is 356 g/mol. The molecule has 1 aromatic heterocycles. The van der Waals surface area contributed by atoms with Crippen molar-refractivity contribution in [3.63, 3.8) is 0 Å². The van der Waals surface area contributed by atoms with Gasteiger partial charge >= 0.3 is 11.7 Å². The van der Waals surface area contributed by atoms with Crippen LogP contribution in [0.25, 0.3) is 0 Å².